The Balaban J connectivity index is 2.13. The van der Waals surface area contributed by atoms with E-state index in [0.717, 1.165) is 22.7 Å². The number of rotatable bonds is 4. The summed E-state index contributed by atoms with van der Waals surface area (Å²) < 4.78 is 0. The lowest BCUT2D eigenvalue weighted by molar-refractivity contribution is -0.385. The molecule has 1 N–H and O–H groups in total. The number of hydrogen-bond donors (Lipinski definition) is 1. The second-order valence-corrected chi connectivity index (χ2v) is 5.64. The molecule has 104 valence electrons. The lowest BCUT2D eigenvalue weighted by atomic mass is 10.0. The van der Waals surface area contributed by atoms with Crippen LogP contribution >= 0.6 is 0 Å². The zero-order chi connectivity index (χ0) is 14.0. The molecule has 1 aliphatic carbocycles. The lowest BCUT2D eigenvalue weighted by Crippen LogP contribution is -2.16. The molecule has 19 heavy (non-hydrogen) atoms. The fourth-order valence-corrected chi connectivity index (χ4v) is 2.95. The quantitative estimate of drug-likeness (QED) is 0.653. The number of anilines is 1. The molecule has 1 aromatic carbocycles. The third-order valence-corrected chi connectivity index (χ3v) is 4.22. The minimum absolute atomic E-state index is 0.209. The van der Waals surface area contributed by atoms with Gasteiger partial charge in [0.15, 0.2) is 0 Å². The van der Waals surface area contributed by atoms with Gasteiger partial charge in [-0.2, -0.15) is 0 Å². The molecule has 0 spiro atoms. The fraction of sp³-hybridized carbons (Fsp3) is 0.600. The molecule has 0 radical (unpaired) electrons. The predicted molar refractivity (Wildman–Crippen MR) is 77.6 cm³/mol. The number of nitro groups is 1. The SMILES string of the molecule is CCC1CCC(Nc2cc(C)c([N+](=O)[O-])cc2C)C1. The van der Waals surface area contributed by atoms with E-state index in [2.05, 4.69) is 12.2 Å². The molecule has 2 atom stereocenters. The van der Waals surface area contributed by atoms with Crippen LogP contribution < -0.4 is 5.32 Å². The molecule has 0 saturated heterocycles. The highest BCUT2D eigenvalue weighted by atomic mass is 16.6. The van der Waals surface area contributed by atoms with Gasteiger partial charge in [0.05, 0.1) is 4.92 Å². The maximum absolute atomic E-state index is 10.9. The zero-order valence-electron chi connectivity index (χ0n) is 11.9. The largest absolute Gasteiger partial charge is 0.382 e. The second-order valence-electron chi connectivity index (χ2n) is 5.64. The third kappa shape index (κ3) is 3.06. The summed E-state index contributed by atoms with van der Waals surface area (Å²) in [5.41, 5.74) is 2.94. The first-order valence-electron chi connectivity index (χ1n) is 7.03. The molecule has 0 bridgehead atoms. The van der Waals surface area contributed by atoms with Gasteiger partial charge in [0.25, 0.3) is 5.69 Å². The predicted octanol–water partition coefficient (Wildman–Crippen LogP) is 4.20. The van der Waals surface area contributed by atoms with Crippen LogP contribution in [0.5, 0.6) is 0 Å². The summed E-state index contributed by atoms with van der Waals surface area (Å²) in [7, 11) is 0. The Labute approximate surface area is 114 Å². The van der Waals surface area contributed by atoms with E-state index < -0.39 is 0 Å². The average molecular weight is 262 g/mol. The van der Waals surface area contributed by atoms with Gasteiger partial charge in [-0.3, -0.25) is 10.1 Å². The van der Waals surface area contributed by atoms with Crippen LogP contribution in [0.1, 0.15) is 43.7 Å². The Morgan fingerprint density at radius 3 is 2.63 bits per heavy atom. The Morgan fingerprint density at radius 1 is 1.32 bits per heavy atom. The van der Waals surface area contributed by atoms with Crippen LogP contribution in [0.25, 0.3) is 0 Å². The van der Waals surface area contributed by atoms with Gasteiger partial charge in [0.1, 0.15) is 0 Å². The molecule has 1 aliphatic rings. The van der Waals surface area contributed by atoms with Crippen molar-refractivity contribution in [2.24, 2.45) is 5.92 Å². The van der Waals surface area contributed by atoms with Gasteiger partial charge in [-0.25, -0.2) is 0 Å². The van der Waals surface area contributed by atoms with E-state index in [9.17, 15) is 10.1 Å². The Morgan fingerprint density at radius 2 is 2.05 bits per heavy atom. The molecule has 0 aromatic heterocycles. The summed E-state index contributed by atoms with van der Waals surface area (Å²) in [5, 5.41) is 14.5. The highest BCUT2D eigenvalue weighted by Crippen LogP contribution is 2.32. The lowest BCUT2D eigenvalue weighted by Gasteiger charge is -2.17. The first-order chi connectivity index (χ1) is 9.01. The van der Waals surface area contributed by atoms with Crippen molar-refractivity contribution in [3.8, 4) is 0 Å². The van der Waals surface area contributed by atoms with E-state index in [1.54, 1.807) is 13.0 Å². The molecule has 0 heterocycles. The minimum Gasteiger partial charge on any atom is -0.382 e. The molecule has 2 unspecified atom stereocenters. The zero-order valence-corrected chi connectivity index (χ0v) is 11.9. The average Bonchev–Trinajstić information content (AvgIpc) is 2.80. The standard InChI is InChI=1S/C15H22N2O2/c1-4-12-5-6-13(9-12)16-14-7-11(3)15(17(18)19)8-10(14)2/h7-8,12-13,16H,4-6,9H2,1-3H3. The molecule has 4 heteroatoms. The Bertz CT molecular complexity index is 485. The molecule has 1 saturated carbocycles. The summed E-state index contributed by atoms with van der Waals surface area (Å²) in [4.78, 5) is 10.6. The molecule has 2 rings (SSSR count). The van der Waals surface area contributed by atoms with Crippen molar-refractivity contribution >= 4 is 11.4 Å². The maximum atomic E-state index is 10.9. The fourth-order valence-electron chi connectivity index (χ4n) is 2.95. The van der Waals surface area contributed by atoms with E-state index in [-0.39, 0.29) is 10.6 Å². The van der Waals surface area contributed by atoms with Crippen molar-refractivity contribution in [2.45, 2.75) is 52.5 Å². The van der Waals surface area contributed by atoms with Crippen LogP contribution in [0, 0.1) is 29.9 Å². The van der Waals surface area contributed by atoms with Gasteiger partial charge >= 0.3 is 0 Å². The first kappa shape index (κ1) is 13.8. The van der Waals surface area contributed by atoms with Crippen LogP contribution in [0.2, 0.25) is 0 Å². The van der Waals surface area contributed by atoms with Crippen molar-refractivity contribution < 1.29 is 4.92 Å². The van der Waals surface area contributed by atoms with Crippen LogP contribution in [-0.4, -0.2) is 11.0 Å². The van der Waals surface area contributed by atoms with Gasteiger partial charge in [0.2, 0.25) is 0 Å². The normalized spacial score (nSPS) is 22.5. The highest BCUT2D eigenvalue weighted by molar-refractivity contribution is 5.59. The van der Waals surface area contributed by atoms with Gasteiger partial charge in [0, 0.05) is 23.4 Å². The number of nitrogens with one attached hydrogen (secondary N) is 1. The first-order valence-corrected chi connectivity index (χ1v) is 7.03. The van der Waals surface area contributed by atoms with E-state index in [1.165, 1.54) is 25.7 Å². The van der Waals surface area contributed by atoms with Gasteiger partial charge in [-0.05, 0) is 50.7 Å². The van der Waals surface area contributed by atoms with Gasteiger partial charge in [-0.15, -0.1) is 0 Å². The summed E-state index contributed by atoms with van der Waals surface area (Å²) in [6.07, 6.45) is 4.95. The number of nitrogens with zero attached hydrogens (tertiary/aromatic N) is 1. The summed E-state index contributed by atoms with van der Waals surface area (Å²) in [5.74, 6) is 0.831. The number of hydrogen-bond acceptors (Lipinski definition) is 3. The van der Waals surface area contributed by atoms with E-state index in [0.29, 0.717) is 6.04 Å². The second kappa shape index (κ2) is 5.59. The summed E-state index contributed by atoms with van der Waals surface area (Å²) in [6.45, 7) is 5.97. The number of aryl methyl sites for hydroxylation is 2. The van der Waals surface area contributed by atoms with E-state index >= 15 is 0 Å². The molecule has 4 nitrogen and oxygen atoms in total. The molecule has 0 amide bonds. The number of benzene rings is 1. The van der Waals surface area contributed by atoms with Crippen molar-refractivity contribution in [3.05, 3.63) is 33.4 Å². The van der Waals surface area contributed by atoms with Gasteiger partial charge in [-0.1, -0.05) is 13.3 Å². The van der Waals surface area contributed by atoms with Crippen LogP contribution in [-0.2, 0) is 0 Å². The highest BCUT2D eigenvalue weighted by Gasteiger charge is 2.24. The molecule has 1 fully saturated rings. The monoisotopic (exact) mass is 262 g/mol. The molecular formula is C15H22N2O2. The third-order valence-electron chi connectivity index (χ3n) is 4.22. The smallest absolute Gasteiger partial charge is 0.272 e. The minimum atomic E-state index is -0.311. The summed E-state index contributed by atoms with van der Waals surface area (Å²) >= 11 is 0. The molecular weight excluding hydrogens is 240 g/mol. The van der Waals surface area contributed by atoms with E-state index in [4.69, 9.17) is 0 Å². The van der Waals surface area contributed by atoms with Crippen molar-refractivity contribution in [1.29, 1.82) is 0 Å². The Hall–Kier alpha value is -1.58. The van der Waals surface area contributed by atoms with Crippen LogP contribution in [0.15, 0.2) is 12.1 Å². The van der Waals surface area contributed by atoms with Crippen molar-refractivity contribution in [2.75, 3.05) is 5.32 Å². The Kier molecular flexibility index (Phi) is 4.08. The molecule has 1 aromatic rings. The molecule has 0 aliphatic heterocycles. The number of nitro benzene ring substituents is 1. The van der Waals surface area contributed by atoms with Crippen LogP contribution in [0.4, 0.5) is 11.4 Å². The van der Waals surface area contributed by atoms with Crippen LogP contribution in [0.3, 0.4) is 0 Å². The van der Waals surface area contributed by atoms with E-state index in [1.807, 2.05) is 13.0 Å². The maximum Gasteiger partial charge on any atom is 0.272 e. The topological polar surface area (TPSA) is 55.2 Å². The van der Waals surface area contributed by atoms with Crippen molar-refractivity contribution in [1.82, 2.24) is 0 Å². The van der Waals surface area contributed by atoms with Crippen molar-refractivity contribution in [3.63, 3.8) is 0 Å². The van der Waals surface area contributed by atoms with Gasteiger partial charge < -0.3 is 5.32 Å². The summed E-state index contributed by atoms with van der Waals surface area (Å²) in [6, 6.07) is 4.10.